The molecule has 0 aliphatic heterocycles. The summed E-state index contributed by atoms with van der Waals surface area (Å²) in [6, 6.07) is 1.45. The molecule has 2 heterocycles. The van der Waals surface area contributed by atoms with Gasteiger partial charge in [-0.1, -0.05) is 0 Å². The Morgan fingerprint density at radius 3 is 2.73 bits per heavy atom. The summed E-state index contributed by atoms with van der Waals surface area (Å²) in [5, 5.41) is 5.53. The Balaban J connectivity index is 0.00000220. The van der Waals surface area contributed by atoms with Crippen LogP contribution in [0.2, 0.25) is 0 Å². The Kier molecular flexibility index (Phi) is 8.15. The molecule has 0 aliphatic rings. The maximum atomic E-state index is 11.6. The molecule has 0 atom stereocenters. The number of H-pyrrole nitrogens is 1. The second-order valence-corrected chi connectivity index (χ2v) is 4.74. The minimum absolute atomic E-state index is 0. The third kappa shape index (κ3) is 4.46. The van der Waals surface area contributed by atoms with Crippen molar-refractivity contribution in [3.8, 4) is 0 Å². The highest BCUT2D eigenvalue weighted by Crippen LogP contribution is 2.12. The Hall–Kier alpha value is -1.57. The minimum atomic E-state index is -0.191. The van der Waals surface area contributed by atoms with E-state index in [0.29, 0.717) is 31.6 Å². The van der Waals surface area contributed by atoms with E-state index in [-0.39, 0.29) is 36.3 Å². The van der Waals surface area contributed by atoms with E-state index in [1.165, 1.54) is 6.07 Å². The van der Waals surface area contributed by atoms with Gasteiger partial charge in [-0.05, 0) is 26.8 Å². The summed E-state index contributed by atoms with van der Waals surface area (Å²) in [6.45, 7) is 4.65. The Bertz CT molecular complexity index is 696. The number of fused-ring (bicyclic) bond motifs is 1. The fraction of sp³-hybridized carbons (Fsp3) is 0.462. The number of hydrogen-bond acceptors (Lipinski definition) is 4. The number of carbonyl (C=O) groups excluding carboxylic acids is 1. The fourth-order valence-corrected chi connectivity index (χ4v) is 2.15. The average molecular weight is 350 g/mol. The molecule has 2 aromatic rings. The summed E-state index contributed by atoms with van der Waals surface area (Å²) in [5.74, 6) is -0.0321. The van der Waals surface area contributed by atoms with E-state index in [1.807, 2.05) is 13.8 Å². The molecule has 1 amide bonds. The molecule has 4 N–H and O–H groups in total. The number of carbonyl (C=O) groups is 1. The van der Waals surface area contributed by atoms with Gasteiger partial charge in [-0.25, -0.2) is 9.50 Å². The quantitative estimate of drug-likeness (QED) is 0.743. The summed E-state index contributed by atoms with van der Waals surface area (Å²) >= 11 is 0. The predicted molar refractivity (Wildman–Crippen MR) is 89.9 cm³/mol. The number of amides is 1. The first kappa shape index (κ1) is 20.4. The summed E-state index contributed by atoms with van der Waals surface area (Å²) in [7, 11) is 0. The van der Waals surface area contributed by atoms with Gasteiger partial charge in [0.15, 0.2) is 5.65 Å². The van der Waals surface area contributed by atoms with Crippen LogP contribution in [0, 0.1) is 13.8 Å². The predicted octanol–water partition coefficient (Wildman–Crippen LogP) is 0.838. The molecule has 0 fully saturated rings. The molecule has 0 saturated heterocycles. The molecule has 2 aromatic heterocycles. The van der Waals surface area contributed by atoms with Gasteiger partial charge in [0.1, 0.15) is 0 Å². The van der Waals surface area contributed by atoms with Crippen molar-refractivity contribution in [2.24, 2.45) is 5.73 Å². The van der Waals surface area contributed by atoms with Crippen LogP contribution in [0.3, 0.4) is 0 Å². The number of hydrogen-bond donors (Lipinski definition) is 3. The van der Waals surface area contributed by atoms with Crippen LogP contribution in [0.5, 0.6) is 0 Å². The van der Waals surface area contributed by atoms with Crippen LogP contribution in [0.15, 0.2) is 10.9 Å². The SMILES string of the molecule is Cc1nc2cc(=O)[nH]n2c(C)c1CNC(=O)CCCN.Cl.Cl. The van der Waals surface area contributed by atoms with E-state index in [1.54, 1.807) is 4.52 Å². The van der Waals surface area contributed by atoms with Crippen LogP contribution in [-0.2, 0) is 11.3 Å². The first-order chi connectivity index (χ1) is 9.52. The third-order valence-corrected chi connectivity index (χ3v) is 3.27. The molecule has 0 aromatic carbocycles. The highest BCUT2D eigenvalue weighted by atomic mass is 35.5. The zero-order valence-electron chi connectivity index (χ0n) is 12.5. The van der Waals surface area contributed by atoms with Gasteiger partial charge in [0, 0.05) is 36.0 Å². The van der Waals surface area contributed by atoms with E-state index < -0.39 is 0 Å². The maximum Gasteiger partial charge on any atom is 0.266 e. The summed E-state index contributed by atoms with van der Waals surface area (Å²) in [4.78, 5) is 27.3. The Morgan fingerprint density at radius 1 is 1.41 bits per heavy atom. The number of aryl methyl sites for hydroxylation is 2. The minimum Gasteiger partial charge on any atom is -0.352 e. The molecule has 0 bridgehead atoms. The van der Waals surface area contributed by atoms with Crippen LogP contribution in [0.4, 0.5) is 0 Å². The monoisotopic (exact) mass is 349 g/mol. The van der Waals surface area contributed by atoms with Gasteiger partial charge >= 0.3 is 0 Å². The number of nitrogens with two attached hydrogens (primary N) is 1. The van der Waals surface area contributed by atoms with E-state index in [9.17, 15) is 9.59 Å². The maximum absolute atomic E-state index is 11.6. The lowest BCUT2D eigenvalue weighted by Gasteiger charge is -2.12. The van der Waals surface area contributed by atoms with Crippen molar-refractivity contribution in [3.63, 3.8) is 0 Å². The summed E-state index contributed by atoms with van der Waals surface area (Å²) in [6.07, 6.45) is 1.09. The highest BCUT2D eigenvalue weighted by Gasteiger charge is 2.11. The van der Waals surface area contributed by atoms with Crippen LogP contribution >= 0.6 is 24.8 Å². The van der Waals surface area contributed by atoms with Gasteiger partial charge in [-0.3, -0.25) is 14.7 Å². The van der Waals surface area contributed by atoms with E-state index >= 15 is 0 Å². The summed E-state index contributed by atoms with van der Waals surface area (Å²) in [5.41, 5.74) is 8.35. The Morgan fingerprint density at radius 2 is 2.09 bits per heavy atom. The first-order valence-electron chi connectivity index (χ1n) is 6.57. The van der Waals surface area contributed by atoms with Gasteiger partial charge < -0.3 is 11.1 Å². The van der Waals surface area contributed by atoms with Gasteiger partial charge in [-0.15, -0.1) is 24.8 Å². The zero-order chi connectivity index (χ0) is 14.7. The van der Waals surface area contributed by atoms with Crippen molar-refractivity contribution < 1.29 is 4.79 Å². The lowest BCUT2D eigenvalue weighted by molar-refractivity contribution is -0.121. The van der Waals surface area contributed by atoms with E-state index in [4.69, 9.17) is 5.73 Å². The molecule has 22 heavy (non-hydrogen) atoms. The summed E-state index contributed by atoms with van der Waals surface area (Å²) < 4.78 is 1.64. The molecule has 9 heteroatoms. The number of rotatable bonds is 5. The molecule has 0 spiro atoms. The molecular formula is C13H21Cl2N5O2. The van der Waals surface area contributed by atoms with Gasteiger partial charge in [-0.2, -0.15) is 0 Å². The van der Waals surface area contributed by atoms with Crippen molar-refractivity contribution in [1.82, 2.24) is 19.9 Å². The fourth-order valence-electron chi connectivity index (χ4n) is 2.15. The van der Waals surface area contributed by atoms with Gasteiger partial charge in [0.25, 0.3) is 5.56 Å². The zero-order valence-corrected chi connectivity index (χ0v) is 14.1. The van der Waals surface area contributed by atoms with Crippen LogP contribution in [-0.4, -0.2) is 27.0 Å². The van der Waals surface area contributed by atoms with Crippen molar-refractivity contribution >= 4 is 36.4 Å². The van der Waals surface area contributed by atoms with Crippen molar-refractivity contribution in [2.75, 3.05) is 6.54 Å². The molecule has 2 rings (SSSR count). The number of halogens is 2. The second kappa shape index (κ2) is 8.77. The molecular weight excluding hydrogens is 329 g/mol. The van der Waals surface area contributed by atoms with Crippen molar-refractivity contribution in [1.29, 1.82) is 0 Å². The lowest BCUT2D eigenvalue weighted by atomic mass is 10.1. The molecule has 124 valence electrons. The first-order valence-corrected chi connectivity index (χ1v) is 6.57. The number of aromatic nitrogens is 3. The number of nitrogens with zero attached hydrogens (tertiary/aromatic N) is 2. The van der Waals surface area contributed by atoms with Crippen LogP contribution in [0.1, 0.15) is 29.8 Å². The largest absolute Gasteiger partial charge is 0.352 e. The van der Waals surface area contributed by atoms with Gasteiger partial charge in [0.2, 0.25) is 5.91 Å². The number of aromatic amines is 1. The second-order valence-electron chi connectivity index (χ2n) is 4.74. The lowest BCUT2D eigenvalue weighted by Crippen LogP contribution is -2.25. The molecule has 0 aliphatic carbocycles. The van der Waals surface area contributed by atoms with E-state index in [0.717, 1.165) is 17.0 Å². The van der Waals surface area contributed by atoms with Crippen LogP contribution < -0.4 is 16.6 Å². The molecule has 7 nitrogen and oxygen atoms in total. The van der Waals surface area contributed by atoms with Crippen molar-refractivity contribution in [2.45, 2.75) is 33.2 Å². The highest BCUT2D eigenvalue weighted by molar-refractivity contribution is 5.85. The smallest absolute Gasteiger partial charge is 0.266 e. The molecule has 0 saturated carbocycles. The molecule has 0 unspecified atom stereocenters. The molecule has 0 radical (unpaired) electrons. The standard InChI is InChI=1S/C13H19N5O2.2ClH/c1-8-10(7-15-12(19)4-3-5-14)9(2)18-11(16-8)6-13(20)17-18;;/h6H,3-5,7,14H2,1-2H3,(H,15,19)(H,17,20);2*1H. The normalized spacial score (nSPS) is 9.95. The third-order valence-electron chi connectivity index (χ3n) is 3.27. The Labute approximate surface area is 140 Å². The van der Waals surface area contributed by atoms with Crippen molar-refractivity contribution in [3.05, 3.63) is 33.4 Å². The van der Waals surface area contributed by atoms with Crippen LogP contribution in [0.25, 0.3) is 5.65 Å². The topological polar surface area (TPSA) is 105 Å². The average Bonchev–Trinajstić information content (AvgIpc) is 2.76. The van der Waals surface area contributed by atoms with Gasteiger partial charge in [0.05, 0.1) is 0 Å². The van der Waals surface area contributed by atoms with E-state index in [2.05, 4.69) is 15.4 Å². The number of nitrogens with one attached hydrogen (secondary N) is 2.